The minimum Gasteiger partial charge on any atom is -0.378 e. The van der Waals surface area contributed by atoms with Gasteiger partial charge in [-0.05, 0) is 6.42 Å². The number of hydrogen-bond acceptors (Lipinski definition) is 6. The van der Waals surface area contributed by atoms with Crippen LogP contribution in [0.2, 0.25) is 0 Å². The van der Waals surface area contributed by atoms with Crippen molar-refractivity contribution in [3.05, 3.63) is 5.82 Å². The second-order valence-corrected chi connectivity index (χ2v) is 5.06. The Morgan fingerprint density at radius 2 is 2.47 bits per heavy atom. The Hall–Kier alpha value is -0.720. The lowest BCUT2D eigenvalue weighted by Crippen LogP contribution is -2.39. The van der Waals surface area contributed by atoms with Crippen LogP contribution in [0.4, 0.5) is 5.13 Å². The van der Waals surface area contributed by atoms with Crippen LogP contribution in [0.3, 0.4) is 0 Å². The Morgan fingerprint density at radius 1 is 1.59 bits per heavy atom. The standard InChI is InChI=1S/C11H19N3O2S/c1-3-4-9-13-10(17-14-9)12-7-11(15-2)5-6-16-8-11/h3-8H2,1-2H3,(H,12,13,14). The van der Waals surface area contributed by atoms with Crippen LogP contribution in [-0.4, -0.2) is 41.8 Å². The van der Waals surface area contributed by atoms with Crippen molar-refractivity contribution in [1.82, 2.24) is 9.36 Å². The smallest absolute Gasteiger partial charge is 0.202 e. The zero-order valence-electron chi connectivity index (χ0n) is 10.4. The van der Waals surface area contributed by atoms with Crippen molar-refractivity contribution in [3.8, 4) is 0 Å². The van der Waals surface area contributed by atoms with Crippen LogP contribution >= 0.6 is 11.5 Å². The van der Waals surface area contributed by atoms with E-state index < -0.39 is 0 Å². The molecule has 1 aromatic heterocycles. The largest absolute Gasteiger partial charge is 0.378 e. The van der Waals surface area contributed by atoms with Crippen molar-refractivity contribution in [1.29, 1.82) is 0 Å². The van der Waals surface area contributed by atoms with Gasteiger partial charge in [0.15, 0.2) is 0 Å². The molecule has 0 saturated carbocycles. The van der Waals surface area contributed by atoms with Gasteiger partial charge < -0.3 is 14.8 Å². The molecule has 1 aliphatic heterocycles. The third kappa shape index (κ3) is 3.14. The van der Waals surface area contributed by atoms with Gasteiger partial charge in [0.25, 0.3) is 0 Å². The van der Waals surface area contributed by atoms with Gasteiger partial charge in [-0.2, -0.15) is 4.37 Å². The van der Waals surface area contributed by atoms with E-state index in [0.29, 0.717) is 6.61 Å². The monoisotopic (exact) mass is 257 g/mol. The molecule has 0 spiro atoms. The zero-order chi connectivity index (χ0) is 12.1. The average molecular weight is 257 g/mol. The summed E-state index contributed by atoms with van der Waals surface area (Å²) in [6.07, 6.45) is 2.94. The highest BCUT2D eigenvalue weighted by atomic mass is 32.1. The first-order chi connectivity index (χ1) is 8.28. The molecule has 0 radical (unpaired) electrons. The van der Waals surface area contributed by atoms with Gasteiger partial charge in [0.05, 0.1) is 6.61 Å². The number of methoxy groups -OCH3 is 1. The Bertz CT molecular complexity index is 350. The fraction of sp³-hybridized carbons (Fsp3) is 0.818. The Balaban J connectivity index is 1.87. The predicted molar refractivity (Wildman–Crippen MR) is 67.6 cm³/mol. The lowest BCUT2D eigenvalue weighted by Gasteiger charge is -2.25. The van der Waals surface area contributed by atoms with E-state index in [9.17, 15) is 0 Å². The van der Waals surface area contributed by atoms with Crippen LogP contribution in [-0.2, 0) is 15.9 Å². The van der Waals surface area contributed by atoms with Gasteiger partial charge in [-0.1, -0.05) is 6.92 Å². The number of hydrogen-bond donors (Lipinski definition) is 1. The third-order valence-corrected chi connectivity index (χ3v) is 3.71. The van der Waals surface area contributed by atoms with E-state index in [4.69, 9.17) is 9.47 Å². The van der Waals surface area contributed by atoms with Crippen LogP contribution in [0.15, 0.2) is 0 Å². The van der Waals surface area contributed by atoms with E-state index in [1.165, 1.54) is 11.5 Å². The first-order valence-corrected chi connectivity index (χ1v) is 6.75. The number of nitrogens with zero attached hydrogens (tertiary/aromatic N) is 2. The quantitative estimate of drug-likeness (QED) is 0.840. The molecular weight excluding hydrogens is 238 g/mol. The summed E-state index contributed by atoms with van der Waals surface area (Å²) < 4.78 is 15.2. The maximum absolute atomic E-state index is 5.54. The van der Waals surface area contributed by atoms with Crippen molar-refractivity contribution >= 4 is 16.7 Å². The van der Waals surface area contributed by atoms with E-state index in [0.717, 1.165) is 43.4 Å². The van der Waals surface area contributed by atoms with Crippen molar-refractivity contribution in [3.63, 3.8) is 0 Å². The molecule has 96 valence electrons. The summed E-state index contributed by atoms with van der Waals surface area (Å²) >= 11 is 1.41. The number of ether oxygens (including phenoxy) is 2. The molecule has 1 aromatic rings. The van der Waals surface area contributed by atoms with Gasteiger partial charge >= 0.3 is 0 Å². The summed E-state index contributed by atoms with van der Waals surface area (Å²) in [7, 11) is 1.74. The molecule has 0 aromatic carbocycles. The molecule has 0 amide bonds. The minimum absolute atomic E-state index is 0.198. The minimum atomic E-state index is -0.198. The number of rotatable bonds is 6. The lowest BCUT2D eigenvalue weighted by atomic mass is 10.0. The molecule has 1 aliphatic rings. The molecule has 6 heteroatoms. The van der Waals surface area contributed by atoms with E-state index in [2.05, 4.69) is 21.6 Å². The molecule has 1 saturated heterocycles. The SMILES string of the molecule is CCCc1nsc(NCC2(OC)CCOC2)n1. The van der Waals surface area contributed by atoms with Crippen LogP contribution in [0.1, 0.15) is 25.6 Å². The van der Waals surface area contributed by atoms with Gasteiger partial charge in [0.2, 0.25) is 5.13 Å². The highest BCUT2D eigenvalue weighted by molar-refractivity contribution is 7.09. The molecular formula is C11H19N3O2S. The third-order valence-electron chi connectivity index (χ3n) is 3.00. The highest BCUT2D eigenvalue weighted by Gasteiger charge is 2.34. The van der Waals surface area contributed by atoms with Gasteiger partial charge in [-0.3, -0.25) is 0 Å². The normalized spacial score (nSPS) is 24.1. The van der Waals surface area contributed by atoms with Crippen LogP contribution < -0.4 is 5.32 Å². The summed E-state index contributed by atoms with van der Waals surface area (Å²) in [6, 6.07) is 0. The summed E-state index contributed by atoms with van der Waals surface area (Å²) in [5.74, 6) is 0.925. The second-order valence-electron chi connectivity index (χ2n) is 4.31. The maximum Gasteiger partial charge on any atom is 0.202 e. The Morgan fingerprint density at radius 3 is 3.12 bits per heavy atom. The number of aromatic nitrogens is 2. The van der Waals surface area contributed by atoms with Gasteiger partial charge in [0.1, 0.15) is 11.4 Å². The van der Waals surface area contributed by atoms with Crippen molar-refractivity contribution in [2.45, 2.75) is 31.8 Å². The molecule has 5 nitrogen and oxygen atoms in total. The summed E-state index contributed by atoms with van der Waals surface area (Å²) in [5.41, 5.74) is -0.198. The van der Waals surface area contributed by atoms with E-state index in [1.54, 1.807) is 7.11 Å². The van der Waals surface area contributed by atoms with Crippen LogP contribution in [0, 0.1) is 0 Å². The van der Waals surface area contributed by atoms with Crippen molar-refractivity contribution in [2.75, 3.05) is 32.2 Å². The summed E-state index contributed by atoms with van der Waals surface area (Å²) in [4.78, 5) is 4.43. The highest BCUT2D eigenvalue weighted by Crippen LogP contribution is 2.23. The summed E-state index contributed by atoms with van der Waals surface area (Å²) in [6.45, 7) is 4.28. The first-order valence-electron chi connectivity index (χ1n) is 5.97. The fourth-order valence-corrected chi connectivity index (χ4v) is 2.46. The van der Waals surface area contributed by atoms with Gasteiger partial charge in [0, 0.05) is 44.6 Å². The number of aryl methyl sites for hydroxylation is 1. The van der Waals surface area contributed by atoms with Crippen LogP contribution in [0.25, 0.3) is 0 Å². The summed E-state index contributed by atoms with van der Waals surface area (Å²) in [5, 5.41) is 4.17. The van der Waals surface area contributed by atoms with E-state index >= 15 is 0 Å². The number of nitrogens with one attached hydrogen (secondary N) is 1. The average Bonchev–Trinajstić information content (AvgIpc) is 2.96. The molecule has 0 bridgehead atoms. The van der Waals surface area contributed by atoms with Crippen molar-refractivity contribution < 1.29 is 9.47 Å². The molecule has 2 heterocycles. The zero-order valence-corrected chi connectivity index (χ0v) is 11.2. The van der Waals surface area contributed by atoms with Crippen molar-refractivity contribution in [2.24, 2.45) is 0 Å². The Labute approximate surface area is 106 Å². The predicted octanol–water partition coefficient (Wildman–Crippen LogP) is 1.71. The Kier molecular flexibility index (Phi) is 4.31. The van der Waals surface area contributed by atoms with Gasteiger partial charge in [-0.15, -0.1) is 0 Å². The van der Waals surface area contributed by atoms with Gasteiger partial charge in [-0.25, -0.2) is 4.98 Å². The lowest BCUT2D eigenvalue weighted by molar-refractivity contribution is -0.00620. The molecule has 0 aliphatic carbocycles. The molecule has 1 unspecified atom stereocenters. The van der Waals surface area contributed by atoms with Crippen LogP contribution in [0.5, 0.6) is 0 Å². The molecule has 2 rings (SSSR count). The van der Waals surface area contributed by atoms with E-state index in [1.807, 2.05) is 0 Å². The maximum atomic E-state index is 5.54. The van der Waals surface area contributed by atoms with E-state index in [-0.39, 0.29) is 5.60 Å². The second kappa shape index (κ2) is 5.75. The molecule has 1 fully saturated rings. The molecule has 1 N–H and O–H groups in total. The fourth-order valence-electron chi connectivity index (χ4n) is 1.85. The first kappa shape index (κ1) is 12.7. The molecule has 17 heavy (non-hydrogen) atoms. The number of anilines is 1. The topological polar surface area (TPSA) is 56.3 Å². The molecule has 1 atom stereocenters.